The lowest BCUT2D eigenvalue weighted by atomic mass is 10.2. The van der Waals surface area contributed by atoms with Gasteiger partial charge in [-0.05, 0) is 24.1 Å². The Labute approximate surface area is 88.4 Å². The molecule has 0 saturated heterocycles. The van der Waals surface area contributed by atoms with E-state index in [1.165, 1.54) is 0 Å². The molecule has 4 nitrogen and oxygen atoms in total. The van der Waals surface area contributed by atoms with E-state index in [1.807, 2.05) is 28.9 Å². The van der Waals surface area contributed by atoms with Gasteiger partial charge in [0.15, 0.2) is 0 Å². The van der Waals surface area contributed by atoms with Crippen molar-refractivity contribution in [3.8, 4) is 0 Å². The van der Waals surface area contributed by atoms with E-state index >= 15 is 0 Å². The van der Waals surface area contributed by atoms with Crippen LogP contribution in [0.1, 0.15) is 17.8 Å². The van der Waals surface area contributed by atoms with Gasteiger partial charge in [0.1, 0.15) is 5.82 Å². The van der Waals surface area contributed by atoms with Crippen LogP contribution in [0.15, 0.2) is 24.5 Å². The Hall–Kier alpha value is -1.39. The fourth-order valence-electron chi connectivity index (χ4n) is 1.65. The Morgan fingerprint density at radius 2 is 2.33 bits per heavy atom. The zero-order valence-electron chi connectivity index (χ0n) is 8.56. The number of rotatable bonds is 4. The minimum Gasteiger partial charge on any atom is -0.396 e. The zero-order valence-corrected chi connectivity index (χ0v) is 8.56. The number of aliphatic hydroxyl groups is 1. The quantitative estimate of drug-likeness (QED) is 0.773. The van der Waals surface area contributed by atoms with Gasteiger partial charge >= 0.3 is 0 Å². The summed E-state index contributed by atoms with van der Waals surface area (Å²) in [7, 11) is 0. The molecule has 0 unspecified atom stereocenters. The van der Waals surface area contributed by atoms with Gasteiger partial charge in [-0.1, -0.05) is 0 Å². The SMILES string of the molecule is NCc1ccn2c(CCCO)ncc2c1. The molecule has 2 aromatic heterocycles. The third kappa shape index (κ3) is 2.00. The van der Waals surface area contributed by atoms with Crippen molar-refractivity contribution in [3.63, 3.8) is 0 Å². The van der Waals surface area contributed by atoms with Gasteiger partial charge in [0.05, 0.1) is 11.7 Å². The molecule has 0 radical (unpaired) electrons. The molecule has 2 rings (SSSR count). The summed E-state index contributed by atoms with van der Waals surface area (Å²) in [5.74, 6) is 0.989. The molecule has 3 N–H and O–H groups in total. The number of imidazole rings is 1. The Morgan fingerprint density at radius 1 is 1.47 bits per heavy atom. The number of nitrogens with two attached hydrogens (primary N) is 1. The fraction of sp³-hybridized carbons (Fsp3) is 0.364. The first-order valence-electron chi connectivity index (χ1n) is 5.11. The molecule has 0 spiro atoms. The molecule has 0 aliphatic rings. The topological polar surface area (TPSA) is 63.5 Å². The van der Waals surface area contributed by atoms with Gasteiger partial charge in [-0.2, -0.15) is 0 Å². The Balaban J connectivity index is 2.34. The molecule has 0 aliphatic heterocycles. The predicted molar refractivity (Wildman–Crippen MR) is 58.5 cm³/mol. The number of nitrogens with zero attached hydrogens (tertiary/aromatic N) is 2. The van der Waals surface area contributed by atoms with Crippen molar-refractivity contribution in [1.29, 1.82) is 0 Å². The summed E-state index contributed by atoms with van der Waals surface area (Å²) in [6.07, 6.45) is 5.37. The molecule has 0 amide bonds. The largest absolute Gasteiger partial charge is 0.396 e. The van der Waals surface area contributed by atoms with Crippen LogP contribution >= 0.6 is 0 Å². The third-order valence-electron chi connectivity index (χ3n) is 2.47. The van der Waals surface area contributed by atoms with Gasteiger partial charge in [-0.3, -0.25) is 0 Å². The van der Waals surface area contributed by atoms with Crippen molar-refractivity contribution in [1.82, 2.24) is 9.38 Å². The molecule has 0 fully saturated rings. The summed E-state index contributed by atoms with van der Waals surface area (Å²) in [5.41, 5.74) is 7.73. The van der Waals surface area contributed by atoms with E-state index in [2.05, 4.69) is 4.98 Å². The summed E-state index contributed by atoms with van der Waals surface area (Å²) in [6, 6.07) is 4.03. The van der Waals surface area contributed by atoms with Crippen molar-refractivity contribution in [3.05, 3.63) is 35.9 Å². The van der Waals surface area contributed by atoms with Gasteiger partial charge in [-0.15, -0.1) is 0 Å². The van der Waals surface area contributed by atoms with Crippen LogP contribution < -0.4 is 5.73 Å². The van der Waals surface area contributed by atoms with Gasteiger partial charge in [0, 0.05) is 25.8 Å². The van der Waals surface area contributed by atoms with Crippen LogP contribution in [-0.2, 0) is 13.0 Å². The van der Waals surface area contributed by atoms with E-state index in [0.717, 1.165) is 29.7 Å². The molecular formula is C11H15N3O. The van der Waals surface area contributed by atoms with Crippen molar-refractivity contribution in [2.24, 2.45) is 5.73 Å². The zero-order chi connectivity index (χ0) is 10.7. The van der Waals surface area contributed by atoms with E-state index in [0.29, 0.717) is 6.54 Å². The van der Waals surface area contributed by atoms with Crippen molar-refractivity contribution >= 4 is 5.52 Å². The highest BCUT2D eigenvalue weighted by molar-refractivity contribution is 5.48. The van der Waals surface area contributed by atoms with E-state index in [9.17, 15) is 0 Å². The van der Waals surface area contributed by atoms with Crippen molar-refractivity contribution in [2.75, 3.05) is 6.61 Å². The first-order chi connectivity index (χ1) is 7.35. The highest BCUT2D eigenvalue weighted by atomic mass is 16.2. The normalized spacial score (nSPS) is 11.1. The average molecular weight is 205 g/mol. The average Bonchev–Trinajstić information content (AvgIpc) is 2.68. The molecule has 0 atom stereocenters. The highest BCUT2D eigenvalue weighted by Crippen LogP contribution is 2.10. The third-order valence-corrected chi connectivity index (χ3v) is 2.47. The van der Waals surface area contributed by atoms with Crippen molar-refractivity contribution < 1.29 is 5.11 Å². The van der Waals surface area contributed by atoms with Crippen LogP contribution in [0.5, 0.6) is 0 Å². The van der Waals surface area contributed by atoms with E-state index < -0.39 is 0 Å². The maximum Gasteiger partial charge on any atom is 0.113 e. The number of pyridine rings is 1. The molecule has 4 heteroatoms. The van der Waals surface area contributed by atoms with Crippen molar-refractivity contribution in [2.45, 2.75) is 19.4 Å². The molecular weight excluding hydrogens is 190 g/mol. The second-order valence-corrected chi connectivity index (χ2v) is 3.54. The van der Waals surface area contributed by atoms with Crippen LogP contribution in [0.4, 0.5) is 0 Å². The highest BCUT2D eigenvalue weighted by Gasteiger charge is 2.03. The van der Waals surface area contributed by atoms with Crippen LogP contribution in [-0.4, -0.2) is 21.1 Å². The first-order valence-corrected chi connectivity index (χ1v) is 5.11. The maximum absolute atomic E-state index is 8.77. The maximum atomic E-state index is 8.77. The monoisotopic (exact) mass is 205 g/mol. The Kier molecular flexibility index (Phi) is 2.99. The summed E-state index contributed by atoms with van der Waals surface area (Å²) >= 11 is 0. The van der Waals surface area contributed by atoms with Gasteiger partial charge in [0.2, 0.25) is 0 Å². The second kappa shape index (κ2) is 4.42. The summed E-state index contributed by atoms with van der Waals surface area (Å²) in [5, 5.41) is 8.77. The van der Waals surface area contributed by atoms with Crippen LogP contribution in [0.25, 0.3) is 5.52 Å². The first kappa shape index (κ1) is 10.1. The van der Waals surface area contributed by atoms with E-state index in [-0.39, 0.29) is 6.61 Å². The molecule has 2 heterocycles. The second-order valence-electron chi connectivity index (χ2n) is 3.54. The summed E-state index contributed by atoms with van der Waals surface area (Å²) < 4.78 is 2.04. The number of aryl methyl sites for hydroxylation is 1. The van der Waals surface area contributed by atoms with Gasteiger partial charge in [-0.25, -0.2) is 4.98 Å². The fourth-order valence-corrected chi connectivity index (χ4v) is 1.65. The predicted octanol–water partition coefficient (Wildman–Crippen LogP) is 0.718. The lowest BCUT2D eigenvalue weighted by molar-refractivity contribution is 0.287. The molecule has 0 saturated carbocycles. The molecule has 0 bridgehead atoms. The standard InChI is InChI=1S/C11H15N3O/c12-7-9-3-4-14-10(6-9)8-13-11(14)2-1-5-15/h3-4,6,8,15H,1-2,5,7,12H2. The minimum absolute atomic E-state index is 0.204. The molecule has 15 heavy (non-hydrogen) atoms. The molecule has 80 valence electrons. The number of aromatic nitrogens is 2. The molecule has 0 aromatic carbocycles. The number of aliphatic hydroxyl groups excluding tert-OH is 1. The van der Waals surface area contributed by atoms with Crippen LogP contribution in [0.3, 0.4) is 0 Å². The number of hydrogen-bond acceptors (Lipinski definition) is 3. The smallest absolute Gasteiger partial charge is 0.113 e. The summed E-state index contributed by atoms with van der Waals surface area (Å²) in [4.78, 5) is 4.32. The van der Waals surface area contributed by atoms with E-state index in [4.69, 9.17) is 10.8 Å². The Bertz CT molecular complexity index is 450. The number of hydrogen-bond donors (Lipinski definition) is 2. The number of fused-ring (bicyclic) bond motifs is 1. The van der Waals surface area contributed by atoms with Crippen LogP contribution in [0.2, 0.25) is 0 Å². The Morgan fingerprint density at radius 3 is 3.07 bits per heavy atom. The van der Waals surface area contributed by atoms with Gasteiger partial charge in [0.25, 0.3) is 0 Å². The van der Waals surface area contributed by atoms with E-state index in [1.54, 1.807) is 0 Å². The summed E-state index contributed by atoms with van der Waals surface area (Å²) in [6.45, 7) is 0.753. The van der Waals surface area contributed by atoms with Crippen LogP contribution in [0, 0.1) is 0 Å². The lowest BCUT2D eigenvalue weighted by Gasteiger charge is -2.01. The molecule has 0 aliphatic carbocycles. The van der Waals surface area contributed by atoms with Gasteiger partial charge < -0.3 is 15.2 Å². The lowest BCUT2D eigenvalue weighted by Crippen LogP contribution is -1.99. The molecule has 2 aromatic rings. The minimum atomic E-state index is 0.204.